The lowest BCUT2D eigenvalue weighted by molar-refractivity contribution is 0.0867. The molecule has 0 heterocycles. The van der Waals surface area contributed by atoms with Crippen molar-refractivity contribution in [1.82, 2.24) is 0 Å². The molecule has 0 bridgehead atoms. The number of aliphatic hydroxyl groups is 1. The molecule has 0 aliphatic rings. The number of halogens is 3. The highest BCUT2D eigenvalue weighted by Gasteiger charge is 2.27. The van der Waals surface area contributed by atoms with Crippen molar-refractivity contribution in [3.63, 3.8) is 0 Å². The Labute approximate surface area is 104 Å². The number of hydrogen-bond donors (Lipinski definition) is 2. The van der Waals surface area contributed by atoms with Crippen molar-refractivity contribution in [2.45, 2.75) is 32.4 Å². The summed E-state index contributed by atoms with van der Waals surface area (Å²) in [5.41, 5.74) is 5.58. The maximum absolute atomic E-state index is 13.6. The third-order valence-corrected chi connectivity index (χ3v) is 3.39. The van der Waals surface area contributed by atoms with Crippen LogP contribution in [0.15, 0.2) is 12.1 Å². The van der Waals surface area contributed by atoms with Gasteiger partial charge in [-0.15, -0.1) is 0 Å². The second-order valence-corrected chi connectivity index (χ2v) is 4.54. The van der Waals surface area contributed by atoms with Gasteiger partial charge in [-0.3, -0.25) is 0 Å². The van der Waals surface area contributed by atoms with Gasteiger partial charge in [0.2, 0.25) is 0 Å². The van der Waals surface area contributed by atoms with Crippen molar-refractivity contribution in [2.75, 3.05) is 0 Å². The molecule has 0 aliphatic heterocycles. The zero-order valence-electron chi connectivity index (χ0n) is 9.75. The fourth-order valence-corrected chi connectivity index (χ4v) is 1.89. The first-order valence-corrected chi connectivity index (χ1v) is 5.85. The van der Waals surface area contributed by atoms with Gasteiger partial charge >= 0.3 is 0 Å². The van der Waals surface area contributed by atoms with Crippen molar-refractivity contribution >= 4 is 11.6 Å². The Hall–Kier alpha value is -0.710. The van der Waals surface area contributed by atoms with Gasteiger partial charge in [0, 0.05) is 5.56 Å². The van der Waals surface area contributed by atoms with Crippen molar-refractivity contribution in [3.05, 3.63) is 34.4 Å². The smallest absolute Gasteiger partial charge is 0.142 e. The standard InChI is InChI=1S/C12H16ClF2NO/c1-3-6(2)12(17)11(16)9-7(14)4-5-8(15)10(9)13/h4-6,11-12,17H,3,16H2,1-2H3/t6?,11-,12+/m1/s1. The van der Waals surface area contributed by atoms with Gasteiger partial charge in [0.05, 0.1) is 17.2 Å². The first kappa shape index (κ1) is 14.4. The molecule has 17 heavy (non-hydrogen) atoms. The van der Waals surface area contributed by atoms with E-state index in [9.17, 15) is 13.9 Å². The van der Waals surface area contributed by atoms with Gasteiger partial charge < -0.3 is 10.8 Å². The largest absolute Gasteiger partial charge is 0.391 e. The third-order valence-electron chi connectivity index (χ3n) is 3.01. The first-order valence-electron chi connectivity index (χ1n) is 5.47. The van der Waals surface area contributed by atoms with Crippen LogP contribution in [0.25, 0.3) is 0 Å². The van der Waals surface area contributed by atoms with Crippen molar-refractivity contribution in [2.24, 2.45) is 11.7 Å². The average molecular weight is 264 g/mol. The number of aliphatic hydroxyl groups excluding tert-OH is 1. The normalized spacial score (nSPS) is 16.6. The van der Waals surface area contributed by atoms with Crippen molar-refractivity contribution in [3.8, 4) is 0 Å². The summed E-state index contributed by atoms with van der Waals surface area (Å²) in [7, 11) is 0. The Morgan fingerprint density at radius 1 is 1.35 bits per heavy atom. The molecular weight excluding hydrogens is 248 g/mol. The Morgan fingerprint density at radius 2 is 1.88 bits per heavy atom. The van der Waals surface area contributed by atoms with Crippen LogP contribution in [0, 0.1) is 17.6 Å². The summed E-state index contributed by atoms with van der Waals surface area (Å²) in [6, 6.07) is 0.858. The van der Waals surface area contributed by atoms with E-state index in [4.69, 9.17) is 17.3 Å². The van der Waals surface area contributed by atoms with Crippen LogP contribution in [0.5, 0.6) is 0 Å². The lowest BCUT2D eigenvalue weighted by Crippen LogP contribution is -2.32. The molecule has 0 spiro atoms. The molecule has 0 aromatic heterocycles. The molecule has 2 nitrogen and oxygen atoms in total. The maximum atomic E-state index is 13.6. The molecule has 1 aromatic rings. The van der Waals surface area contributed by atoms with Crippen molar-refractivity contribution in [1.29, 1.82) is 0 Å². The summed E-state index contributed by atoms with van der Waals surface area (Å²) >= 11 is 5.68. The highest BCUT2D eigenvalue weighted by molar-refractivity contribution is 6.31. The molecule has 0 saturated carbocycles. The molecule has 0 fully saturated rings. The van der Waals surface area contributed by atoms with Crippen LogP contribution in [-0.4, -0.2) is 11.2 Å². The van der Waals surface area contributed by atoms with E-state index in [1.807, 2.05) is 6.92 Å². The van der Waals surface area contributed by atoms with Crippen LogP contribution in [0.2, 0.25) is 5.02 Å². The van der Waals surface area contributed by atoms with E-state index in [0.717, 1.165) is 12.1 Å². The van der Waals surface area contributed by atoms with Crippen molar-refractivity contribution < 1.29 is 13.9 Å². The average Bonchev–Trinajstić information content (AvgIpc) is 2.32. The minimum absolute atomic E-state index is 0.122. The highest BCUT2D eigenvalue weighted by Crippen LogP contribution is 2.31. The third kappa shape index (κ3) is 2.94. The Kier molecular flexibility index (Phi) is 4.86. The van der Waals surface area contributed by atoms with Crippen LogP contribution in [-0.2, 0) is 0 Å². The van der Waals surface area contributed by atoms with Crippen LogP contribution >= 0.6 is 11.6 Å². The summed E-state index contributed by atoms with van der Waals surface area (Å²) in [4.78, 5) is 0. The van der Waals surface area contributed by atoms with Gasteiger partial charge in [-0.05, 0) is 18.1 Å². The molecule has 0 amide bonds. The predicted octanol–water partition coefficient (Wildman–Crippen LogP) is 3.03. The minimum atomic E-state index is -1.03. The summed E-state index contributed by atoms with van der Waals surface area (Å²) in [6.45, 7) is 3.67. The van der Waals surface area contributed by atoms with Gasteiger partial charge in [0.15, 0.2) is 0 Å². The Balaban J connectivity index is 3.11. The molecule has 0 radical (unpaired) electrons. The van der Waals surface area contributed by atoms with Gasteiger partial charge in [-0.25, -0.2) is 8.78 Å². The summed E-state index contributed by atoms with van der Waals surface area (Å²) in [6.07, 6.45) is -0.280. The number of rotatable bonds is 4. The summed E-state index contributed by atoms with van der Waals surface area (Å²) in [5.74, 6) is -1.56. The van der Waals surface area contributed by atoms with Crippen LogP contribution in [0.3, 0.4) is 0 Å². The van der Waals surface area contributed by atoms with E-state index in [2.05, 4.69) is 0 Å². The molecule has 1 rings (SSSR count). The predicted molar refractivity (Wildman–Crippen MR) is 63.8 cm³/mol. The molecule has 96 valence electrons. The molecule has 3 N–H and O–H groups in total. The summed E-state index contributed by atoms with van der Waals surface area (Å²) in [5, 5.41) is 9.55. The molecule has 0 saturated heterocycles. The second-order valence-electron chi connectivity index (χ2n) is 4.16. The van der Waals surface area contributed by atoms with E-state index in [1.54, 1.807) is 6.92 Å². The van der Waals surface area contributed by atoms with Crippen LogP contribution < -0.4 is 5.73 Å². The highest BCUT2D eigenvalue weighted by atomic mass is 35.5. The quantitative estimate of drug-likeness (QED) is 0.821. The molecule has 1 aromatic carbocycles. The molecule has 5 heteroatoms. The first-order chi connectivity index (χ1) is 7.90. The second kappa shape index (κ2) is 5.76. The van der Waals surface area contributed by atoms with Gasteiger partial charge in [0.25, 0.3) is 0 Å². The molecular formula is C12H16ClF2NO. The van der Waals surface area contributed by atoms with Gasteiger partial charge in [0.1, 0.15) is 11.6 Å². The zero-order chi connectivity index (χ0) is 13.2. The molecule has 0 aliphatic carbocycles. The fourth-order valence-electron chi connectivity index (χ4n) is 1.61. The maximum Gasteiger partial charge on any atom is 0.142 e. The monoisotopic (exact) mass is 263 g/mol. The molecule has 1 unspecified atom stereocenters. The summed E-state index contributed by atoms with van der Waals surface area (Å²) < 4.78 is 26.8. The van der Waals surface area contributed by atoms with Gasteiger partial charge in [-0.2, -0.15) is 0 Å². The fraction of sp³-hybridized carbons (Fsp3) is 0.500. The van der Waals surface area contributed by atoms with Crippen LogP contribution in [0.1, 0.15) is 31.9 Å². The van der Waals surface area contributed by atoms with Crippen LogP contribution in [0.4, 0.5) is 8.78 Å². The Bertz CT molecular complexity index is 400. The van der Waals surface area contributed by atoms with E-state index >= 15 is 0 Å². The van der Waals surface area contributed by atoms with E-state index < -0.39 is 23.8 Å². The Morgan fingerprint density at radius 3 is 2.41 bits per heavy atom. The molecule has 3 atom stereocenters. The zero-order valence-corrected chi connectivity index (χ0v) is 10.5. The van der Waals surface area contributed by atoms with E-state index in [0.29, 0.717) is 6.42 Å². The van der Waals surface area contributed by atoms with Gasteiger partial charge in [-0.1, -0.05) is 31.9 Å². The number of nitrogens with two attached hydrogens (primary N) is 1. The lowest BCUT2D eigenvalue weighted by atomic mass is 9.91. The minimum Gasteiger partial charge on any atom is -0.391 e. The number of hydrogen-bond acceptors (Lipinski definition) is 2. The number of benzene rings is 1. The lowest BCUT2D eigenvalue weighted by Gasteiger charge is -2.25. The van der Waals surface area contributed by atoms with E-state index in [1.165, 1.54) is 0 Å². The SMILES string of the molecule is CCC(C)[C@H](O)[C@H](N)c1c(F)ccc(F)c1Cl. The topological polar surface area (TPSA) is 46.2 Å². The van der Waals surface area contributed by atoms with E-state index in [-0.39, 0.29) is 16.5 Å².